The Bertz CT molecular complexity index is 341. The molecule has 114 valence electrons. The lowest BCUT2D eigenvalue weighted by atomic mass is 9.98. The van der Waals surface area contributed by atoms with E-state index in [1.54, 1.807) is 0 Å². The topological polar surface area (TPSA) is 12.0 Å². The summed E-state index contributed by atoms with van der Waals surface area (Å²) >= 11 is 0. The molecule has 0 fully saturated rings. The summed E-state index contributed by atoms with van der Waals surface area (Å²) in [4.78, 5) is 0. The maximum absolute atomic E-state index is 3.89. The Kier molecular flexibility index (Phi) is 8.60. The van der Waals surface area contributed by atoms with Gasteiger partial charge in [-0.2, -0.15) is 0 Å². The largest absolute Gasteiger partial charge is 0.307 e. The zero-order chi connectivity index (χ0) is 14.8. The number of rotatable bonds is 10. The highest BCUT2D eigenvalue weighted by Crippen LogP contribution is 2.20. The average molecular weight is 275 g/mol. The van der Waals surface area contributed by atoms with Crippen molar-refractivity contribution in [1.29, 1.82) is 0 Å². The van der Waals surface area contributed by atoms with Crippen LogP contribution in [0.2, 0.25) is 0 Å². The molecule has 1 rings (SSSR count). The van der Waals surface area contributed by atoms with E-state index < -0.39 is 0 Å². The van der Waals surface area contributed by atoms with E-state index in [1.807, 2.05) is 0 Å². The minimum absolute atomic E-state index is 0.509. The maximum Gasteiger partial charge on any atom is 0.0320 e. The summed E-state index contributed by atoms with van der Waals surface area (Å²) in [6, 6.07) is 10.4. The third-order valence-corrected chi connectivity index (χ3v) is 4.18. The minimum Gasteiger partial charge on any atom is -0.307 e. The quantitative estimate of drug-likeness (QED) is 0.582. The van der Waals surface area contributed by atoms with Crippen LogP contribution in [-0.4, -0.2) is 6.04 Å². The van der Waals surface area contributed by atoms with E-state index in [2.05, 4.69) is 57.3 Å². The molecule has 0 aliphatic heterocycles. The number of nitrogens with one attached hydrogen (secondary N) is 1. The lowest BCUT2D eigenvalue weighted by Crippen LogP contribution is -2.32. The van der Waals surface area contributed by atoms with Crippen LogP contribution in [0.4, 0.5) is 0 Å². The minimum atomic E-state index is 0.509. The second-order valence-electron chi connectivity index (χ2n) is 5.85. The van der Waals surface area contributed by atoms with E-state index in [0.29, 0.717) is 12.1 Å². The van der Waals surface area contributed by atoms with Crippen LogP contribution in [-0.2, 0) is 6.42 Å². The Morgan fingerprint density at radius 1 is 0.900 bits per heavy atom. The third-order valence-electron chi connectivity index (χ3n) is 4.18. The third kappa shape index (κ3) is 5.66. The molecule has 1 aromatic rings. The van der Waals surface area contributed by atoms with Gasteiger partial charge in [-0.1, -0.05) is 71.2 Å². The van der Waals surface area contributed by atoms with Gasteiger partial charge in [0.2, 0.25) is 0 Å². The predicted molar refractivity (Wildman–Crippen MR) is 90.2 cm³/mol. The maximum atomic E-state index is 3.89. The van der Waals surface area contributed by atoms with Crippen molar-refractivity contribution in [2.75, 3.05) is 0 Å². The van der Waals surface area contributed by atoms with Crippen LogP contribution in [0.15, 0.2) is 24.3 Å². The van der Waals surface area contributed by atoms with Crippen LogP contribution < -0.4 is 5.32 Å². The first kappa shape index (κ1) is 17.2. The summed E-state index contributed by atoms with van der Waals surface area (Å²) in [7, 11) is 0. The van der Waals surface area contributed by atoms with Gasteiger partial charge in [0.1, 0.15) is 0 Å². The lowest BCUT2D eigenvalue weighted by Gasteiger charge is -2.25. The van der Waals surface area contributed by atoms with Gasteiger partial charge in [-0.15, -0.1) is 0 Å². The van der Waals surface area contributed by atoms with Gasteiger partial charge in [-0.05, 0) is 36.8 Å². The molecular weight excluding hydrogens is 242 g/mol. The van der Waals surface area contributed by atoms with Crippen LogP contribution in [0.1, 0.15) is 83.4 Å². The molecule has 2 atom stereocenters. The summed E-state index contributed by atoms with van der Waals surface area (Å²) in [6.45, 7) is 9.07. The van der Waals surface area contributed by atoms with E-state index in [-0.39, 0.29) is 0 Å². The average Bonchev–Trinajstić information content (AvgIpc) is 2.50. The molecule has 0 spiro atoms. The van der Waals surface area contributed by atoms with Crippen molar-refractivity contribution >= 4 is 0 Å². The summed E-state index contributed by atoms with van der Waals surface area (Å²) in [5, 5.41) is 3.89. The number of hydrogen-bond donors (Lipinski definition) is 1. The molecule has 20 heavy (non-hydrogen) atoms. The monoisotopic (exact) mass is 275 g/mol. The van der Waals surface area contributed by atoms with Crippen molar-refractivity contribution < 1.29 is 0 Å². The number of aryl methyl sites for hydroxylation is 1. The molecular formula is C19H33N. The Balaban J connectivity index is 2.66. The fourth-order valence-electron chi connectivity index (χ4n) is 2.83. The van der Waals surface area contributed by atoms with Gasteiger partial charge in [0.25, 0.3) is 0 Å². The zero-order valence-electron chi connectivity index (χ0n) is 13.9. The summed E-state index contributed by atoms with van der Waals surface area (Å²) in [5.41, 5.74) is 2.88. The molecule has 0 aliphatic carbocycles. The van der Waals surface area contributed by atoms with Crippen molar-refractivity contribution in [3.8, 4) is 0 Å². The zero-order valence-corrected chi connectivity index (χ0v) is 13.9. The molecule has 2 unspecified atom stereocenters. The fraction of sp³-hybridized carbons (Fsp3) is 0.684. The molecule has 1 aromatic carbocycles. The first-order chi connectivity index (χ1) is 9.74. The van der Waals surface area contributed by atoms with E-state index in [0.717, 1.165) is 12.8 Å². The van der Waals surface area contributed by atoms with E-state index in [1.165, 1.54) is 43.2 Å². The molecule has 0 radical (unpaired) electrons. The highest BCUT2D eigenvalue weighted by atomic mass is 14.9. The Morgan fingerprint density at radius 3 is 2.10 bits per heavy atom. The molecule has 0 aliphatic rings. The summed E-state index contributed by atoms with van der Waals surface area (Å²) in [6.07, 6.45) is 8.80. The Hall–Kier alpha value is -0.820. The molecule has 0 saturated heterocycles. The normalized spacial score (nSPS) is 14.2. The van der Waals surface area contributed by atoms with Crippen molar-refractivity contribution in [2.45, 2.75) is 84.7 Å². The van der Waals surface area contributed by atoms with Crippen molar-refractivity contribution in [1.82, 2.24) is 5.32 Å². The van der Waals surface area contributed by atoms with E-state index >= 15 is 0 Å². The molecule has 1 N–H and O–H groups in total. The van der Waals surface area contributed by atoms with E-state index in [4.69, 9.17) is 0 Å². The fourth-order valence-corrected chi connectivity index (χ4v) is 2.83. The Labute approximate surface area is 126 Å². The first-order valence-electron chi connectivity index (χ1n) is 8.59. The van der Waals surface area contributed by atoms with E-state index in [9.17, 15) is 0 Å². The molecule has 0 amide bonds. The van der Waals surface area contributed by atoms with Gasteiger partial charge in [0.15, 0.2) is 0 Å². The second-order valence-corrected chi connectivity index (χ2v) is 5.85. The van der Waals surface area contributed by atoms with Crippen LogP contribution >= 0.6 is 0 Å². The molecule has 1 nitrogen and oxygen atoms in total. The number of hydrogen-bond acceptors (Lipinski definition) is 1. The highest BCUT2D eigenvalue weighted by molar-refractivity contribution is 5.25. The van der Waals surface area contributed by atoms with Crippen LogP contribution in [0.3, 0.4) is 0 Å². The van der Waals surface area contributed by atoms with Crippen LogP contribution in [0, 0.1) is 0 Å². The van der Waals surface area contributed by atoms with Gasteiger partial charge in [-0.25, -0.2) is 0 Å². The lowest BCUT2D eigenvalue weighted by molar-refractivity contribution is 0.377. The highest BCUT2D eigenvalue weighted by Gasteiger charge is 2.14. The molecule has 0 bridgehead atoms. The number of unbranched alkanes of at least 4 members (excludes halogenated alkanes) is 1. The second kappa shape index (κ2) is 9.99. The smallest absolute Gasteiger partial charge is 0.0320 e. The van der Waals surface area contributed by atoms with Gasteiger partial charge < -0.3 is 5.32 Å². The Morgan fingerprint density at radius 2 is 1.60 bits per heavy atom. The predicted octanol–water partition coefficient (Wildman–Crippen LogP) is 5.65. The van der Waals surface area contributed by atoms with Gasteiger partial charge in [0.05, 0.1) is 0 Å². The molecule has 0 heterocycles. The molecule has 0 aromatic heterocycles. The summed E-state index contributed by atoms with van der Waals surface area (Å²) in [5.74, 6) is 0. The first-order valence-corrected chi connectivity index (χ1v) is 8.59. The SMILES string of the molecule is CCCCC(CCC)NC(CC)c1ccc(CC)cc1. The van der Waals surface area contributed by atoms with Crippen molar-refractivity contribution in [2.24, 2.45) is 0 Å². The van der Waals surface area contributed by atoms with Crippen LogP contribution in [0.5, 0.6) is 0 Å². The van der Waals surface area contributed by atoms with Gasteiger partial charge in [0, 0.05) is 12.1 Å². The van der Waals surface area contributed by atoms with Crippen LogP contribution in [0.25, 0.3) is 0 Å². The number of benzene rings is 1. The summed E-state index contributed by atoms with van der Waals surface area (Å²) < 4.78 is 0. The standard InChI is InChI=1S/C19H33N/c1-5-9-11-18(10-6-2)20-19(8-4)17-14-12-16(7-3)13-15-17/h12-15,18-20H,5-11H2,1-4H3. The molecule has 1 heteroatoms. The van der Waals surface area contributed by atoms with Gasteiger partial charge >= 0.3 is 0 Å². The van der Waals surface area contributed by atoms with Crippen molar-refractivity contribution in [3.05, 3.63) is 35.4 Å². The molecule has 0 saturated carbocycles. The van der Waals surface area contributed by atoms with Crippen molar-refractivity contribution in [3.63, 3.8) is 0 Å². The van der Waals surface area contributed by atoms with Gasteiger partial charge in [-0.3, -0.25) is 0 Å².